The molecule has 11 heteroatoms. The Bertz CT molecular complexity index is 855. The number of hydrogen-bond acceptors (Lipinski definition) is 6. The van der Waals surface area contributed by atoms with Crippen LogP contribution in [0.2, 0.25) is 10.0 Å². The minimum atomic E-state index is -4.21. The summed E-state index contributed by atoms with van der Waals surface area (Å²) in [6, 6.07) is 2.07. The molecule has 1 saturated carbocycles. The third-order valence-corrected chi connectivity index (χ3v) is 6.96. The topological polar surface area (TPSA) is 122 Å². The summed E-state index contributed by atoms with van der Waals surface area (Å²) in [5.74, 6) is -1.53. The van der Waals surface area contributed by atoms with Crippen LogP contribution in [0.15, 0.2) is 23.1 Å². The molecular weight excluding hydrogens is 455 g/mol. The fourth-order valence-corrected chi connectivity index (χ4v) is 4.79. The Kier molecular flexibility index (Phi) is 9.36. The predicted molar refractivity (Wildman–Crippen MR) is 113 cm³/mol. The smallest absolute Gasteiger partial charge is 0.327 e. The molecule has 1 aromatic carbocycles. The third-order valence-electron chi connectivity index (χ3n) is 4.79. The molecular formula is C19H26Cl2N2O6S. The molecule has 0 spiro atoms. The van der Waals surface area contributed by atoms with Crippen LogP contribution in [0.5, 0.6) is 0 Å². The summed E-state index contributed by atoms with van der Waals surface area (Å²) >= 11 is 11.6. The molecule has 1 amide bonds. The van der Waals surface area contributed by atoms with Crippen LogP contribution < -0.4 is 10.0 Å². The van der Waals surface area contributed by atoms with Gasteiger partial charge in [-0.2, -0.15) is 4.72 Å². The lowest BCUT2D eigenvalue weighted by atomic mass is 10.1. The molecule has 168 valence electrons. The van der Waals surface area contributed by atoms with Crippen LogP contribution in [-0.4, -0.2) is 50.2 Å². The first-order chi connectivity index (χ1) is 14.1. The van der Waals surface area contributed by atoms with Crippen LogP contribution >= 0.6 is 23.2 Å². The zero-order valence-electron chi connectivity index (χ0n) is 16.6. The monoisotopic (exact) mass is 480 g/mol. The summed E-state index contributed by atoms with van der Waals surface area (Å²) < 4.78 is 32.1. The molecule has 2 rings (SSSR count). The van der Waals surface area contributed by atoms with Crippen LogP contribution in [0.1, 0.15) is 45.4 Å². The van der Waals surface area contributed by atoms with E-state index in [1.165, 1.54) is 19.1 Å². The molecule has 0 aromatic heterocycles. The average molecular weight is 481 g/mol. The van der Waals surface area contributed by atoms with E-state index in [4.69, 9.17) is 27.9 Å². The van der Waals surface area contributed by atoms with Gasteiger partial charge in [0.1, 0.15) is 6.04 Å². The van der Waals surface area contributed by atoms with Gasteiger partial charge in [0.2, 0.25) is 10.0 Å². The van der Waals surface area contributed by atoms with Gasteiger partial charge in [0, 0.05) is 6.04 Å². The maximum absolute atomic E-state index is 12.5. The lowest BCUT2D eigenvalue weighted by molar-refractivity contribution is -0.152. The maximum Gasteiger partial charge on any atom is 0.327 e. The number of esters is 1. The second kappa shape index (κ2) is 11.3. The fourth-order valence-electron chi connectivity index (χ4n) is 3.14. The van der Waals surface area contributed by atoms with E-state index in [9.17, 15) is 23.1 Å². The number of amides is 1. The molecule has 3 N–H and O–H groups in total. The third kappa shape index (κ3) is 7.39. The van der Waals surface area contributed by atoms with E-state index in [0.29, 0.717) is 0 Å². The van der Waals surface area contributed by atoms with Gasteiger partial charge in [0.05, 0.1) is 21.0 Å². The van der Waals surface area contributed by atoms with Gasteiger partial charge in [-0.25, -0.2) is 8.42 Å². The van der Waals surface area contributed by atoms with Crippen molar-refractivity contribution in [1.82, 2.24) is 10.0 Å². The van der Waals surface area contributed by atoms with Crippen molar-refractivity contribution < 1.29 is 27.9 Å². The highest BCUT2D eigenvalue weighted by molar-refractivity contribution is 7.89. The zero-order valence-corrected chi connectivity index (χ0v) is 18.9. The minimum absolute atomic E-state index is 0.0194. The molecule has 2 unspecified atom stereocenters. The van der Waals surface area contributed by atoms with Crippen LogP contribution in [0, 0.1) is 0 Å². The Labute approximate surface area is 186 Å². The number of sulfonamides is 1. The van der Waals surface area contributed by atoms with Gasteiger partial charge in [-0.15, -0.1) is 0 Å². The number of halogens is 2. The minimum Gasteiger partial charge on any atom is -0.454 e. The van der Waals surface area contributed by atoms with Gasteiger partial charge < -0.3 is 15.2 Å². The van der Waals surface area contributed by atoms with Crippen molar-refractivity contribution in [3.8, 4) is 0 Å². The first kappa shape index (κ1) is 24.9. The number of rotatable bonds is 8. The van der Waals surface area contributed by atoms with Crippen molar-refractivity contribution in [3.63, 3.8) is 0 Å². The van der Waals surface area contributed by atoms with Gasteiger partial charge in [0.15, 0.2) is 6.61 Å². The standard InChI is InChI=1S/C19H26Cl2N2O6S/c1-12(24)18(23-30(27,28)14-8-9-15(20)16(21)10-14)19(26)29-11-17(25)22-13-6-4-2-3-5-7-13/h8-10,12-13,18,23-24H,2-7,11H2,1H3,(H,22,25). The first-order valence-electron chi connectivity index (χ1n) is 9.71. The molecule has 1 fully saturated rings. The average Bonchev–Trinajstić information content (AvgIpc) is 2.94. The number of ether oxygens (including phenoxy) is 1. The molecule has 1 aliphatic rings. The quantitative estimate of drug-likeness (QED) is 0.387. The Morgan fingerprint density at radius 1 is 1.17 bits per heavy atom. The van der Waals surface area contributed by atoms with Gasteiger partial charge in [-0.05, 0) is 38.0 Å². The van der Waals surface area contributed by atoms with Crippen molar-refractivity contribution in [2.24, 2.45) is 0 Å². The summed E-state index contributed by atoms with van der Waals surface area (Å²) in [4.78, 5) is 24.2. The molecule has 0 radical (unpaired) electrons. The molecule has 8 nitrogen and oxygen atoms in total. The summed E-state index contributed by atoms with van der Waals surface area (Å²) in [6.45, 7) is 0.669. The number of aliphatic hydroxyl groups excluding tert-OH is 1. The van der Waals surface area contributed by atoms with Crippen molar-refractivity contribution in [2.45, 2.75) is 68.5 Å². The summed E-state index contributed by atoms with van der Waals surface area (Å²) in [6.07, 6.45) is 4.68. The number of nitrogens with one attached hydrogen (secondary N) is 2. The Balaban J connectivity index is 1.96. The van der Waals surface area contributed by atoms with E-state index in [1.807, 2.05) is 0 Å². The Hall–Kier alpha value is -1.39. The van der Waals surface area contributed by atoms with E-state index in [2.05, 4.69) is 10.0 Å². The Morgan fingerprint density at radius 2 is 1.80 bits per heavy atom. The van der Waals surface area contributed by atoms with Crippen LogP contribution in [-0.2, 0) is 24.3 Å². The number of carbonyl (C=O) groups excluding carboxylic acids is 2. The SMILES string of the molecule is CC(O)C(NS(=O)(=O)c1ccc(Cl)c(Cl)c1)C(=O)OCC(=O)NC1CCCCCC1. The molecule has 1 aliphatic carbocycles. The van der Waals surface area contributed by atoms with E-state index in [-0.39, 0.29) is 21.0 Å². The van der Waals surface area contributed by atoms with Gasteiger partial charge in [-0.1, -0.05) is 48.9 Å². The fraction of sp³-hybridized carbons (Fsp3) is 0.579. The second-order valence-electron chi connectivity index (χ2n) is 7.28. The van der Waals surface area contributed by atoms with Gasteiger partial charge in [0.25, 0.3) is 5.91 Å². The predicted octanol–water partition coefficient (Wildman–Crippen LogP) is 2.40. The van der Waals surface area contributed by atoms with Crippen molar-refractivity contribution in [2.75, 3.05) is 6.61 Å². The normalized spacial score (nSPS) is 17.6. The van der Waals surface area contributed by atoms with E-state index >= 15 is 0 Å². The van der Waals surface area contributed by atoms with Gasteiger partial charge >= 0.3 is 5.97 Å². The second-order valence-corrected chi connectivity index (χ2v) is 9.81. The molecule has 30 heavy (non-hydrogen) atoms. The highest BCUT2D eigenvalue weighted by Gasteiger charge is 2.31. The molecule has 2 atom stereocenters. The number of benzene rings is 1. The summed E-state index contributed by atoms with van der Waals surface area (Å²) in [7, 11) is -4.21. The lowest BCUT2D eigenvalue weighted by Crippen LogP contribution is -2.49. The van der Waals surface area contributed by atoms with Crippen LogP contribution in [0.4, 0.5) is 0 Å². The molecule has 0 saturated heterocycles. The lowest BCUT2D eigenvalue weighted by Gasteiger charge is -2.21. The molecule has 0 bridgehead atoms. The van der Waals surface area contributed by atoms with Crippen LogP contribution in [0.3, 0.4) is 0 Å². The molecule has 1 aromatic rings. The number of carbonyl (C=O) groups is 2. The largest absolute Gasteiger partial charge is 0.454 e. The molecule has 0 heterocycles. The van der Waals surface area contributed by atoms with E-state index in [0.717, 1.165) is 44.6 Å². The summed E-state index contributed by atoms with van der Waals surface area (Å²) in [5, 5.41) is 12.9. The first-order valence-corrected chi connectivity index (χ1v) is 12.0. The zero-order chi connectivity index (χ0) is 22.3. The highest BCUT2D eigenvalue weighted by Crippen LogP contribution is 2.25. The Morgan fingerprint density at radius 3 is 2.37 bits per heavy atom. The van der Waals surface area contributed by atoms with Crippen molar-refractivity contribution in [3.05, 3.63) is 28.2 Å². The van der Waals surface area contributed by atoms with Gasteiger partial charge in [-0.3, -0.25) is 9.59 Å². The highest BCUT2D eigenvalue weighted by atomic mass is 35.5. The molecule has 0 aliphatic heterocycles. The maximum atomic E-state index is 12.5. The van der Waals surface area contributed by atoms with Crippen molar-refractivity contribution >= 4 is 45.1 Å². The van der Waals surface area contributed by atoms with Crippen LogP contribution in [0.25, 0.3) is 0 Å². The number of hydrogen-bond donors (Lipinski definition) is 3. The summed E-state index contributed by atoms with van der Waals surface area (Å²) in [5.41, 5.74) is 0. The number of aliphatic hydroxyl groups is 1. The van der Waals surface area contributed by atoms with E-state index in [1.54, 1.807) is 0 Å². The van der Waals surface area contributed by atoms with Crippen molar-refractivity contribution in [1.29, 1.82) is 0 Å². The van der Waals surface area contributed by atoms with E-state index < -0.39 is 40.7 Å².